The molecule has 1 saturated carbocycles. The van der Waals surface area contributed by atoms with Gasteiger partial charge in [0.15, 0.2) is 0 Å². The van der Waals surface area contributed by atoms with Crippen LogP contribution in [-0.4, -0.2) is 38.5 Å². The Kier molecular flexibility index (Phi) is 3.92. The summed E-state index contributed by atoms with van der Waals surface area (Å²) < 4.78 is 11.4. The molecule has 0 bridgehead atoms. The lowest BCUT2D eigenvalue weighted by Crippen LogP contribution is -2.42. The molecule has 0 aromatic heterocycles. The Hall–Kier alpha value is -0.120. The van der Waals surface area contributed by atoms with Gasteiger partial charge in [0.1, 0.15) is 0 Å². The highest BCUT2D eigenvalue weighted by atomic mass is 16.5. The van der Waals surface area contributed by atoms with E-state index in [1.807, 2.05) is 0 Å². The summed E-state index contributed by atoms with van der Waals surface area (Å²) in [5.41, 5.74) is 0.393. The van der Waals surface area contributed by atoms with Crippen LogP contribution in [0.4, 0.5) is 0 Å². The quantitative estimate of drug-likeness (QED) is 0.816. The molecule has 2 heterocycles. The SMILES string of the molecule is CC1OCCC1(CNC1CC1)CC1CCOCC1. The van der Waals surface area contributed by atoms with Gasteiger partial charge in [-0.1, -0.05) is 0 Å². The van der Waals surface area contributed by atoms with Gasteiger partial charge in [-0.2, -0.15) is 0 Å². The summed E-state index contributed by atoms with van der Waals surface area (Å²) in [4.78, 5) is 0. The molecule has 18 heavy (non-hydrogen) atoms. The molecule has 3 rings (SSSR count). The van der Waals surface area contributed by atoms with Gasteiger partial charge in [-0.15, -0.1) is 0 Å². The fourth-order valence-electron chi connectivity index (χ4n) is 3.55. The van der Waals surface area contributed by atoms with Gasteiger partial charge in [0, 0.05) is 37.8 Å². The third kappa shape index (κ3) is 2.89. The van der Waals surface area contributed by atoms with Gasteiger partial charge in [0.2, 0.25) is 0 Å². The maximum Gasteiger partial charge on any atom is 0.0616 e. The largest absolute Gasteiger partial charge is 0.381 e. The van der Waals surface area contributed by atoms with Crippen molar-refractivity contribution in [2.75, 3.05) is 26.4 Å². The predicted octanol–water partition coefficient (Wildman–Crippen LogP) is 2.35. The average Bonchev–Trinajstić information content (AvgIpc) is 3.15. The normalized spacial score (nSPS) is 38.2. The van der Waals surface area contributed by atoms with E-state index in [0.717, 1.165) is 38.3 Å². The summed E-state index contributed by atoms with van der Waals surface area (Å²) >= 11 is 0. The van der Waals surface area contributed by atoms with E-state index in [9.17, 15) is 0 Å². The number of ether oxygens (including phenoxy) is 2. The molecule has 2 saturated heterocycles. The summed E-state index contributed by atoms with van der Waals surface area (Å²) in [6.07, 6.45) is 8.25. The van der Waals surface area contributed by atoms with Gasteiger partial charge in [0.25, 0.3) is 0 Å². The van der Waals surface area contributed by atoms with Crippen LogP contribution in [0.2, 0.25) is 0 Å². The molecule has 0 radical (unpaired) electrons. The van der Waals surface area contributed by atoms with Gasteiger partial charge >= 0.3 is 0 Å². The molecule has 2 aliphatic heterocycles. The fourth-order valence-corrected chi connectivity index (χ4v) is 3.55. The Bertz CT molecular complexity index is 274. The number of hydrogen-bond donors (Lipinski definition) is 1. The standard InChI is InChI=1S/C15H27NO2/c1-12-15(6-9-18-12,11-16-14-2-3-14)10-13-4-7-17-8-5-13/h12-14,16H,2-11H2,1H3. The van der Waals surface area contributed by atoms with Crippen molar-refractivity contribution in [3.8, 4) is 0 Å². The van der Waals surface area contributed by atoms with Crippen LogP contribution in [0.1, 0.15) is 45.4 Å². The Balaban J connectivity index is 1.60. The lowest BCUT2D eigenvalue weighted by Gasteiger charge is -2.37. The molecular formula is C15H27NO2. The van der Waals surface area contributed by atoms with E-state index in [-0.39, 0.29) is 0 Å². The predicted molar refractivity (Wildman–Crippen MR) is 71.6 cm³/mol. The molecule has 2 atom stereocenters. The summed E-state index contributed by atoms with van der Waals surface area (Å²) in [7, 11) is 0. The lowest BCUT2D eigenvalue weighted by molar-refractivity contribution is 0.0177. The van der Waals surface area contributed by atoms with Crippen molar-refractivity contribution < 1.29 is 9.47 Å². The maximum absolute atomic E-state index is 5.89. The van der Waals surface area contributed by atoms with Crippen LogP contribution in [0.5, 0.6) is 0 Å². The Morgan fingerprint density at radius 3 is 2.50 bits per heavy atom. The molecule has 3 heteroatoms. The Morgan fingerprint density at radius 2 is 1.89 bits per heavy atom. The Morgan fingerprint density at radius 1 is 1.11 bits per heavy atom. The van der Waals surface area contributed by atoms with Gasteiger partial charge in [0.05, 0.1) is 6.10 Å². The van der Waals surface area contributed by atoms with Crippen LogP contribution in [-0.2, 0) is 9.47 Å². The number of nitrogens with one attached hydrogen (secondary N) is 1. The molecule has 3 fully saturated rings. The average molecular weight is 253 g/mol. The van der Waals surface area contributed by atoms with E-state index in [0.29, 0.717) is 11.5 Å². The van der Waals surface area contributed by atoms with Crippen LogP contribution >= 0.6 is 0 Å². The molecule has 3 nitrogen and oxygen atoms in total. The summed E-state index contributed by atoms with van der Waals surface area (Å²) in [5.74, 6) is 0.851. The molecule has 1 N–H and O–H groups in total. The summed E-state index contributed by atoms with van der Waals surface area (Å²) in [5, 5.41) is 3.75. The molecule has 0 aromatic rings. The summed E-state index contributed by atoms with van der Waals surface area (Å²) in [6.45, 7) is 6.33. The fraction of sp³-hybridized carbons (Fsp3) is 1.00. The number of hydrogen-bond acceptors (Lipinski definition) is 3. The smallest absolute Gasteiger partial charge is 0.0616 e. The first-order valence-corrected chi connectivity index (χ1v) is 7.71. The third-order valence-corrected chi connectivity index (χ3v) is 5.19. The van der Waals surface area contributed by atoms with Crippen LogP contribution in [0, 0.1) is 11.3 Å². The van der Waals surface area contributed by atoms with E-state index in [2.05, 4.69) is 12.2 Å². The van der Waals surface area contributed by atoms with Gasteiger partial charge in [-0.05, 0) is 51.4 Å². The first-order chi connectivity index (χ1) is 8.78. The molecule has 2 unspecified atom stereocenters. The van der Waals surface area contributed by atoms with E-state index >= 15 is 0 Å². The van der Waals surface area contributed by atoms with E-state index in [1.54, 1.807) is 0 Å². The van der Waals surface area contributed by atoms with Crippen molar-refractivity contribution in [3.63, 3.8) is 0 Å². The van der Waals surface area contributed by atoms with Crippen molar-refractivity contribution in [1.82, 2.24) is 5.32 Å². The van der Waals surface area contributed by atoms with Crippen LogP contribution in [0.15, 0.2) is 0 Å². The monoisotopic (exact) mass is 253 g/mol. The highest BCUT2D eigenvalue weighted by molar-refractivity contribution is 4.95. The van der Waals surface area contributed by atoms with Gasteiger partial charge < -0.3 is 14.8 Å². The molecular weight excluding hydrogens is 226 g/mol. The lowest BCUT2D eigenvalue weighted by atomic mass is 9.72. The number of rotatable bonds is 5. The van der Waals surface area contributed by atoms with Crippen molar-refractivity contribution >= 4 is 0 Å². The summed E-state index contributed by atoms with van der Waals surface area (Å²) in [6, 6.07) is 0.810. The minimum absolute atomic E-state index is 0.393. The van der Waals surface area contributed by atoms with Gasteiger partial charge in [-0.25, -0.2) is 0 Å². The molecule has 0 spiro atoms. The minimum atomic E-state index is 0.393. The molecule has 1 aliphatic carbocycles. The van der Waals surface area contributed by atoms with Crippen molar-refractivity contribution in [1.29, 1.82) is 0 Å². The first-order valence-electron chi connectivity index (χ1n) is 7.71. The second-order valence-corrected chi connectivity index (χ2v) is 6.54. The van der Waals surface area contributed by atoms with Crippen LogP contribution < -0.4 is 5.32 Å². The molecule has 0 amide bonds. The Labute approximate surface area is 111 Å². The van der Waals surface area contributed by atoms with Crippen molar-refractivity contribution in [3.05, 3.63) is 0 Å². The van der Waals surface area contributed by atoms with Crippen LogP contribution in [0.25, 0.3) is 0 Å². The van der Waals surface area contributed by atoms with Crippen molar-refractivity contribution in [2.45, 2.75) is 57.6 Å². The van der Waals surface area contributed by atoms with E-state index in [1.165, 1.54) is 38.5 Å². The van der Waals surface area contributed by atoms with Crippen molar-refractivity contribution in [2.24, 2.45) is 11.3 Å². The molecule has 0 aromatic carbocycles. The van der Waals surface area contributed by atoms with Crippen LogP contribution in [0.3, 0.4) is 0 Å². The highest BCUT2D eigenvalue weighted by Gasteiger charge is 2.43. The zero-order valence-corrected chi connectivity index (χ0v) is 11.6. The first kappa shape index (κ1) is 12.9. The topological polar surface area (TPSA) is 30.5 Å². The van der Waals surface area contributed by atoms with E-state index in [4.69, 9.17) is 9.47 Å². The minimum Gasteiger partial charge on any atom is -0.381 e. The second kappa shape index (κ2) is 5.48. The second-order valence-electron chi connectivity index (χ2n) is 6.54. The van der Waals surface area contributed by atoms with Gasteiger partial charge in [-0.3, -0.25) is 0 Å². The third-order valence-electron chi connectivity index (χ3n) is 5.19. The molecule has 3 aliphatic rings. The zero-order chi connectivity index (χ0) is 12.4. The molecule has 104 valence electrons. The van der Waals surface area contributed by atoms with E-state index < -0.39 is 0 Å². The highest BCUT2D eigenvalue weighted by Crippen LogP contribution is 2.42. The maximum atomic E-state index is 5.89. The zero-order valence-electron chi connectivity index (χ0n) is 11.6.